The average molecular weight is 293 g/mol. The van der Waals surface area contributed by atoms with Crippen molar-refractivity contribution in [2.24, 2.45) is 17.1 Å². The van der Waals surface area contributed by atoms with Crippen molar-refractivity contribution in [3.8, 4) is 0 Å². The summed E-state index contributed by atoms with van der Waals surface area (Å²) in [6, 6.07) is 0. The first-order valence-corrected chi connectivity index (χ1v) is 7.97. The van der Waals surface area contributed by atoms with Gasteiger partial charge < -0.3 is 10.6 Å². The fourth-order valence-corrected chi connectivity index (χ4v) is 3.25. The van der Waals surface area contributed by atoms with Crippen molar-refractivity contribution in [3.05, 3.63) is 12.7 Å². The molecule has 1 aromatic heterocycles. The Bertz CT molecular complexity index is 433. The predicted molar refractivity (Wildman–Crippen MR) is 81.4 cm³/mol. The largest absolute Gasteiger partial charge is 0.342 e. The fraction of sp³-hybridized carbons (Fsp3) is 0.800. The van der Waals surface area contributed by atoms with E-state index in [9.17, 15) is 4.79 Å². The van der Waals surface area contributed by atoms with Crippen molar-refractivity contribution in [2.45, 2.75) is 46.1 Å². The Morgan fingerprint density at radius 3 is 2.76 bits per heavy atom. The van der Waals surface area contributed by atoms with E-state index in [1.54, 1.807) is 12.7 Å². The Morgan fingerprint density at radius 2 is 2.19 bits per heavy atom. The van der Waals surface area contributed by atoms with Crippen LogP contribution in [0.2, 0.25) is 0 Å². The molecule has 1 aliphatic rings. The van der Waals surface area contributed by atoms with Gasteiger partial charge in [0.25, 0.3) is 0 Å². The number of piperidine rings is 1. The first-order chi connectivity index (χ1) is 10.1. The van der Waals surface area contributed by atoms with Crippen molar-refractivity contribution in [3.63, 3.8) is 0 Å². The summed E-state index contributed by atoms with van der Waals surface area (Å²) in [5.74, 6) is 0.687. The lowest BCUT2D eigenvalue weighted by molar-refractivity contribution is -0.144. The van der Waals surface area contributed by atoms with Crippen LogP contribution in [0.15, 0.2) is 12.7 Å². The number of aromatic nitrogens is 3. The number of hydrogen-bond donors (Lipinski definition) is 1. The first kappa shape index (κ1) is 15.9. The van der Waals surface area contributed by atoms with Gasteiger partial charge in [0, 0.05) is 26.2 Å². The van der Waals surface area contributed by atoms with Gasteiger partial charge in [-0.15, -0.1) is 0 Å². The number of rotatable bonds is 6. The topological polar surface area (TPSA) is 77.0 Å². The van der Waals surface area contributed by atoms with E-state index in [4.69, 9.17) is 5.73 Å². The van der Waals surface area contributed by atoms with Gasteiger partial charge in [0.2, 0.25) is 5.91 Å². The van der Waals surface area contributed by atoms with E-state index in [1.165, 1.54) is 0 Å². The van der Waals surface area contributed by atoms with Gasteiger partial charge >= 0.3 is 0 Å². The van der Waals surface area contributed by atoms with E-state index in [-0.39, 0.29) is 11.3 Å². The summed E-state index contributed by atoms with van der Waals surface area (Å²) < 4.78 is 1.86. The number of carbonyl (C=O) groups excluding carboxylic acids is 1. The second-order valence-electron chi connectivity index (χ2n) is 6.07. The maximum atomic E-state index is 12.9. The standard InChI is InChI=1S/C15H27N5O/c1-3-15(4-2,10-16)14(21)19-7-5-6-13(8-19)9-20-12-17-11-18-20/h11-13H,3-10,16H2,1-2H3. The van der Waals surface area contributed by atoms with E-state index in [0.29, 0.717) is 12.5 Å². The maximum Gasteiger partial charge on any atom is 0.230 e. The number of carbonyl (C=O) groups is 1. The van der Waals surface area contributed by atoms with Gasteiger partial charge in [-0.1, -0.05) is 13.8 Å². The average Bonchev–Trinajstić information content (AvgIpc) is 3.02. The molecule has 0 bridgehead atoms. The smallest absolute Gasteiger partial charge is 0.230 e. The second-order valence-corrected chi connectivity index (χ2v) is 6.07. The summed E-state index contributed by atoms with van der Waals surface area (Å²) in [6.07, 6.45) is 7.10. The molecule has 1 aliphatic heterocycles. The lowest BCUT2D eigenvalue weighted by Crippen LogP contribution is -2.51. The maximum absolute atomic E-state index is 12.9. The van der Waals surface area contributed by atoms with E-state index >= 15 is 0 Å². The molecule has 1 aromatic rings. The van der Waals surface area contributed by atoms with Crippen molar-refractivity contribution in [2.75, 3.05) is 19.6 Å². The summed E-state index contributed by atoms with van der Waals surface area (Å²) in [6.45, 7) is 7.05. The third-order valence-electron chi connectivity index (χ3n) is 4.92. The molecule has 1 saturated heterocycles. The molecule has 0 spiro atoms. The SMILES string of the molecule is CCC(CC)(CN)C(=O)N1CCCC(Cn2cncn2)C1. The highest BCUT2D eigenvalue weighted by Gasteiger charge is 2.38. The van der Waals surface area contributed by atoms with Crippen LogP contribution >= 0.6 is 0 Å². The van der Waals surface area contributed by atoms with Crippen LogP contribution in [0.3, 0.4) is 0 Å². The third kappa shape index (κ3) is 3.43. The second kappa shape index (κ2) is 7.02. The molecular weight excluding hydrogens is 266 g/mol. The minimum absolute atomic E-state index is 0.235. The van der Waals surface area contributed by atoms with Crippen LogP contribution < -0.4 is 5.73 Å². The van der Waals surface area contributed by atoms with E-state index < -0.39 is 0 Å². The van der Waals surface area contributed by atoms with Crippen molar-refractivity contribution in [1.82, 2.24) is 19.7 Å². The molecule has 118 valence electrons. The highest BCUT2D eigenvalue weighted by Crippen LogP contribution is 2.30. The van der Waals surface area contributed by atoms with E-state index in [1.807, 2.05) is 9.58 Å². The monoisotopic (exact) mass is 293 g/mol. The molecule has 21 heavy (non-hydrogen) atoms. The molecule has 1 unspecified atom stereocenters. The quantitative estimate of drug-likeness (QED) is 0.857. The Kier molecular flexibility index (Phi) is 5.33. The van der Waals surface area contributed by atoms with Crippen LogP contribution in [0.4, 0.5) is 0 Å². The molecule has 0 aliphatic carbocycles. The summed E-state index contributed by atoms with van der Waals surface area (Å²) in [4.78, 5) is 18.9. The molecular formula is C15H27N5O. The molecule has 1 fully saturated rings. The zero-order valence-electron chi connectivity index (χ0n) is 13.2. The molecule has 6 heteroatoms. The van der Waals surface area contributed by atoms with E-state index in [2.05, 4.69) is 23.9 Å². The van der Waals surface area contributed by atoms with Gasteiger partial charge in [0.15, 0.2) is 0 Å². The van der Waals surface area contributed by atoms with Gasteiger partial charge in [0.1, 0.15) is 12.7 Å². The van der Waals surface area contributed by atoms with Crippen LogP contribution in [-0.2, 0) is 11.3 Å². The molecule has 0 aromatic carbocycles. The van der Waals surface area contributed by atoms with E-state index in [0.717, 1.165) is 45.3 Å². The lowest BCUT2D eigenvalue weighted by atomic mass is 9.80. The van der Waals surface area contributed by atoms with Gasteiger partial charge in [-0.2, -0.15) is 5.10 Å². The van der Waals surface area contributed by atoms with Gasteiger partial charge in [-0.25, -0.2) is 4.98 Å². The molecule has 1 atom stereocenters. The van der Waals surface area contributed by atoms with Crippen LogP contribution in [-0.4, -0.2) is 45.2 Å². The minimum atomic E-state index is -0.380. The summed E-state index contributed by atoms with van der Waals surface area (Å²) in [7, 11) is 0. The summed E-state index contributed by atoms with van der Waals surface area (Å²) >= 11 is 0. The van der Waals surface area contributed by atoms with Crippen LogP contribution in [0.1, 0.15) is 39.5 Å². The highest BCUT2D eigenvalue weighted by molar-refractivity contribution is 5.83. The molecule has 2 rings (SSSR count). The fourth-order valence-electron chi connectivity index (χ4n) is 3.25. The zero-order chi connectivity index (χ0) is 15.3. The lowest BCUT2D eigenvalue weighted by Gasteiger charge is -2.39. The molecule has 2 N–H and O–H groups in total. The van der Waals surface area contributed by atoms with Crippen molar-refractivity contribution in [1.29, 1.82) is 0 Å². The molecule has 2 heterocycles. The molecule has 1 amide bonds. The Balaban J connectivity index is 2.01. The van der Waals surface area contributed by atoms with Crippen molar-refractivity contribution < 1.29 is 4.79 Å². The highest BCUT2D eigenvalue weighted by atomic mass is 16.2. The van der Waals surface area contributed by atoms with Gasteiger partial charge in [-0.3, -0.25) is 9.48 Å². The Hall–Kier alpha value is -1.43. The van der Waals surface area contributed by atoms with Crippen LogP contribution in [0, 0.1) is 11.3 Å². The van der Waals surface area contributed by atoms with Crippen molar-refractivity contribution >= 4 is 5.91 Å². The van der Waals surface area contributed by atoms with Gasteiger partial charge in [-0.05, 0) is 31.6 Å². The number of likely N-dealkylation sites (tertiary alicyclic amines) is 1. The van der Waals surface area contributed by atoms with Crippen LogP contribution in [0.5, 0.6) is 0 Å². The number of nitrogens with zero attached hydrogens (tertiary/aromatic N) is 4. The predicted octanol–water partition coefficient (Wildman–Crippen LogP) is 1.28. The summed E-state index contributed by atoms with van der Waals surface area (Å²) in [5, 5.41) is 4.16. The minimum Gasteiger partial charge on any atom is -0.342 e. The zero-order valence-corrected chi connectivity index (χ0v) is 13.2. The Labute approximate surface area is 126 Å². The number of nitrogens with two attached hydrogens (primary N) is 1. The Morgan fingerprint density at radius 1 is 1.43 bits per heavy atom. The van der Waals surface area contributed by atoms with Crippen LogP contribution in [0.25, 0.3) is 0 Å². The number of hydrogen-bond acceptors (Lipinski definition) is 4. The summed E-state index contributed by atoms with van der Waals surface area (Å²) in [5.41, 5.74) is 5.53. The van der Waals surface area contributed by atoms with Gasteiger partial charge in [0.05, 0.1) is 5.41 Å². The first-order valence-electron chi connectivity index (χ1n) is 7.97. The number of amides is 1. The third-order valence-corrected chi connectivity index (χ3v) is 4.92. The normalized spacial score (nSPS) is 19.8. The molecule has 0 saturated carbocycles. The molecule has 6 nitrogen and oxygen atoms in total. The molecule has 0 radical (unpaired) electrons.